The maximum Gasteiger partial charge on any atom is 0.0562 e. The molecular formula is C52H44N2. The topological polar surface area (TPSA) is 8.17 Å². The molecule has 0 radical (unpaired) electrons. The molecule has 0 aliphatic heterocycles. The van der Waals surface area contributed by atoms with Crippen molar-refractivity contribution in [1.29, 1.82) is 0 Å². The zero-order valence-electron chi connectivity index (χ0n) is 31.2. The predicted molar refractivity (Wildman–Crippen MR) is 229 cm³/mol. The molecule has 7 aromatic rings. The van der Waals surface area contributed by atoms with Crippen molar-refractivity contribution < 1.29 is 0 Å². The van der Waals surface area contributed by atoms with Gasteiger partial charge in [0.05, 0.1) is 17.1 Å². The van der Waals surface area contributed by atoms with E-state index >= 15 is 0 Å². The van der Waals surface area contributed by atoms with Crippen molar-refractivity contribution in [2.24, 2.45) is 11.8 Å². The minimum absolute atomic E-state index is 0.0384. The molecule has 0 bridgehead atoms. The zero-order chi connectivity index (χ0) is 36.4. The average Bonchev–Trinajstić information content (AvgIpc) is 3.68. The molecule has 6 aromatic carbocycles. The van der Waals surface area contributed by atoms with E-state index in [0.29, 0.717) is 11.8 Å². The standard InChI is InChI=1S/C52H44N2/c1-35-48(32-30-45-43-21-10-12-23-47(43)52(2,3)51(35)45)53(42-20-14-17-38(33-42)36-15-6-4-7-16-36)41-28-25-37(26-29-41)39-27-31-50-46(34-39)44-22-11-13-24-49(44)54(50)40-18-8-5-9-19-40/h4-19,21-35,42,51H,20H2,1-3H3. The molecule has 0 saturated carbocycles. The molecule has 3 unspecified atom stereocenters. The molecule has 1 aromatic heterocycles. The van der Waals surface area contributed by atoms with Crippen LogP contribution in [0.3, 0.4) is 0 Å². The van der Waals surface area contributed by atoms with Gasteiger partial charge in [-0.2, -0.15) is 0 Å². The zero-order valence-corrected chi connectivity index (χ0v) is 31.2. The molecule has 262 valence electrons. The minimum atomic E-state index is 0.0384. The first kappa shape index (κ1) is 32.5. The van der Waals surface area contributed by atoms with Crippen LogP contribution in [0.5, 0.6) is 0 Å². The summed E-state index contributed by atoms with van der Waals surface area (Å²) in [6.45, 7) is 7.35. The van der Waals surface area contributed by atoms with Gasteiger partial charge in [0, 0.05) is 39.7 Å². The smallest absolute Gasteiger partial charge is 0.0562 e. The van der Waals surface area contributed by atoms with Crippen LogP contribution in [-0.4, -0.2) is 10.6 Å². The van der Waals surface area contributed by atoms with E-state index in [4.69, 9.17) is 0 Å². The number of para-hydroxylation sites is 2. The van der Waals surface area contributed by atoms with Crippen LogP contribution >= 0.6 is 0 Å². The Balaban J connectivity index is 1.07. The summed E-state index contributed by atoms with van der Waals surface area (Å²) in [5.41, 5.74) is 15.7. The summed E-state index contributed by atoms with van der Waals surface area (Å²) >= 11 is 0. The monoisotopic (exact) mass is 696 g/mol. The largest absolute Gasteiger partial charge is 0.338 e. The van der Waals surface area contributed by atoms with Crippen molar-refractivity contribution in [2.45, 2.75) is 38.6 Å². The second-order valence-corrected chi connectivity index (χ2v) is 15.8. The number of allylic oxidation sites excluding steroid dienone is 6. The highest BCUT2D eigenvalue weighted by Crippen LogP contribution is 2.56. The van der Waals surface area contributed by atoms with Crippen LogP contribution in [0.4, 0.5) is 5.69 Å². The summed E-state index contributed by atoms with van der Waals surface area (Å²) < 4.78 is 2.38. The maximum absolute atomic E-state index is 2.64. The molecule has 3 aliphatic carbocycles. The van der Waals surface area contributed by atoms with Gasteiger partial charge in [0.2, 0.25) is 0 Å². The van der Waals surface area contributed by atoms with E-state index in [1.165, 1.54) is 77.8 Å². The van der Waals surface area contributed by atoms with Crippen LogP contribution in [0.2, 0.25) is 0 Å². The van der Waals surface area contributed by atoms with Crippen LogP contribution in [-0.2, 0) is 5.41 Å². The van der Waals surface area contributed by atoms with Crippen molar-refractivity contribution in [1.82, 2.24) is 4.57 Å². The first-order valence-electron chi connectivity index (χ1n) is 19.4. The molecule has 1 heterocycles. The van der Waals surface area contributed by atoms with Crippen molar-refractivity contribution in [3.05, 3.63) is 204 Å². The lowest BCUT2D eigenvalue weighted by Gasteiger charge is -2.43. The molecule has 0 amide bonds. The third kappa shape index (κ3) is 5.16. The van der Waals surface area contributed by atoms with Crippen molar-refractivity contribution >= 4 is 38.6 Å². The van der Waals surface area contributed by atoms with Gasteiger partial charge in [-0.3, -0.25) is 0 Å². The second-order valence-electron chi connectivity index (χ2n) is 15.8. The quantitative estimate of drug-likeness (QED) is 0.168. The predicted octanol–water partition coefficient (Wildman–Crippen LogP) is 13.2. The van der Waals surface area contributed by atoms with E-state index in [-0.39, 0.29) is 11.5 Å². The number of rotatable bonds is 6. The molecule has 0 fully saturated rings. The van der Waals surface area contributed by atoms with Gasteiger partial charge in [-0.05, 0) is 99.3 Å². The average molecular weight is 697 g/mol. The van der Waals surface area contributed by atoms with Gasteiger partial charge >= 0.3 is 0 Å². The van der Waals surface area contributed by atoms with E-state index in [1.807, 2.05) is 0 Å². The first-order valence-corrected chi connectivity index (χ1v) is 19.4. The molecule has 0 N–H and O–H groups in total. The Bertz CT molecular complexity index is 2670. The molecule has 10 rings (SSSR count). The third-order valence-electron chi connectivity index (χ3n) is 12.4. The highest BCUT2D eigenvalue weighted by atomic mass is 15.2. The SMILES string of the molecule is CC1C(N(c2ccc(-c3ccc4c(c3)c3ccccc3n4-c3ccccc3)cc2)C2C=C(c3ccccc3)C=CC2)=CC=C2c3ccccc3C(C)(C)C21. The lowest BCUT2D eigenvalue weighted by atomic mass is 9.68. The highest BCUT2D eigenvalue weighted by molar-refractivity contribution is 6.10. The Labute approximate surface area is 318 Å². The van der Waals surface area contributed by atoms with Gasteiger partial charge in [0.25, 0.3) is 0 Å². The Morgan fingerprint density at radius 3 is 2.13 bits per heavy atom. The molecular weight excluding hydrogens is 653 g/mol. The van der Waals surface area contributed by atoms with Crippen molar-refractivity contribution in [3.63, 3.8) is 0 Å². The van der Waals surface area contributed by atoms with Gasteiger partial charge in [-0.15, -0.1) is 0 Å². The molecule has 2 nitrogen and oxygen atoms in total. The van der Waals surface area contributed by atoms with Crippen molar-refractivity contribution in [3.8, 4) is 16.8 Å². The molecule has 3 aliphatic rings. The Kier molecular flexibility index (Phi) is 7.70. The fourth-order valence-electron chi connectivity index (χ4n) is 9.93. The highest BCUT2D eigenvalue weighted by Gasteiger charge is 2.48. The van der Waals surface area contributed by atoms with E-state index in [0.717, 1.165) is 6.42 Å². The lowest BCUT2D eigenvalue weighted by molar-refractivity contribution is 0.330. The Hall–Kier alpha value is -6.12. The normalized spacial score (nSPS) is 19.9. The van der Waals surface area contributed by atoms with Gasteiger partial charge in [0.15, 0.2) is 0 Å². The number of benzene rings is 6. The van der Waals surface area contributed by atoms with Crippen LogP contribution in [0.25, 0.3) is 49.8 Å². The van der Waals surface area contributed by atoms with E-state index < -0.39 is 0 Å². The Morgan fingerprint density at radius 2 is 1.31 bits per heavy atom. The summed E-state index contributed by atoms with van der Waals surface area (Å²) in [7, 11) is 0. The van der Waals surface area contributed by atoms with Crippen LogP contribution in [0, 0.1) is 11.8 Å². The second kappa shape index (κ2) is 12.8. The summed E-state index contributed by atoms with van der Waals surface area (Å²) in [5.74, 6) is 0.731. The summed E-state index contributed by atoms with van der Waals surface area (Å²) in [4.78, 5) is 2.64. The fraction of sp³-hybridized carbons (Fsp3) is 0.154. The first-order chi connectivity index (χ1) is 26.5. The van der Waals surface area contributed by atoms with Crippen LogP contribution in [0.15, 0.2) is 188 Å². The Morgan fingerprint density at radius 1 is 0.630 bits per heavy atom. The van der Waals surface area contributed by atoms with Gasteiger partial charge in [0.1, 0.15) is 0 Å². The molecule has 0 saturated heterocycles. The number of anilines is 1. The van der Waals surface area contributed by atoms with Gasteiger partial charge in [-0.25, -0.2) is 0 Å². The summed E-state index contributed by atoms with van der Waals surface area (Å²) in [6.07, 6.45) is 13.0. The molecule has 3 atom stereocenters. The van der Waals surface area contributed by atoms with Crippen LogP contribution < -0.4 is 4.90 Å². The summed E-state index contributed by atoms with van der Waals surface area (Å²) in [6, 6.07) is 55.8. The minimum Gasteiger partial charge on any atom is -0.338 e. The fourth-order valence-corrected chi connectivity index (χ4v) is 9.93. The maximum atomic E-state index is 2.64. The number of hydrogen-bond acceptors (Lipinski definition) is 1. The number of fused-ring (bicyclic) bond motifs is 6. The van der Waals surface area contributed by atoms with Gasteiger partial charge < -0.3 is 9.47 Å². The third-order valence-corrected chi connectivity index (χ3v) is 12.4. The number of nitrogens with zero attached hydrogens (tertiary/aromatic N) is 2. The van der Waals surface area contributed by atoms with E-state index in [2.05, 4.69) is 212 Å². The van der Waals surface area contributed by atoms with Crippen LogP contribution in [0.1, 0.15) is 43.9 Å². The molecule has 54 heavy (non-hydrogen) atoms. The van der Waals surface area contributed by atoms with E-state index in [1.54, 1.807) is 0 Å². The summed E-state index contributed by atoms with van der Waals surface area (Å²) in [5, 5.41) is 2.55. The number of aromatic nitrogens is 1. The van der Waals surface area contributed by atoms with Gasteiger partial charge in [-0.1, -0.05) is 154 Å². The molecule has 0 spiro atoms. The van der Waals surface area contributed by atoms with Crippen molar-refractivity contribution in [2.75, 3.05) is 4.90 Å². The van der Waals surface area contributed by atoms with E-state index in [9.17, 15) is 0 Å². The molecule has 2 heteroatoms. The number of hydrogen-bond donors (Lipinski definition) is 0. The lowest BCUT2D eigenvalue weighted by Crippen LogP contribution is -2.41.